The van der Waals surface area contributed by atoms with E-state index in [1.54, 1.807) is 6.07 Å². The van der Waals surface area contributed by atoms with Crippen LogP contribution in [0, 0.1) is 9.85 Å². The first kappa shape index (κ1) is 11.5. The van der Waals surface area contributed by atoms with Crippen molar-refractivity contribution in [1.82, 2.24) is 4.73 Å². The molecule has 17 heavy (non-hydrogen) atoms. The average Bonchev–Trinajstić information content (AvgIpc) is 2.30. The molecule has 0 N–H and O–H groups in total. The Morgan fingerprint density at radius 1 is 1.00 bits per heavy atom. The Labute approximate surface area is 99.9 Å². The highest BCUT2D eigenvalue weighted by molar-refractivity contribution is 7.63. The Morgan fingerprint density at radius 3 is 2.29 bits per heavy atom. The molecule has 0 aliphatic heterocycles. The first-order valence-corrected chi connectivity index (χ1v) is 6.09. The van der Waals surface area contributed by atoms with Gasteiger partial charge in [0.1, 0.15) is 0 Å². The fourth-order valence-electron chi connectivity index (χ4n) is 1.57. The summed E-state index contributed by atoms with van der Waals surface area (Å²) in [4.78, 5) is 0. The Kier molecular flexibility index (Phi) is 3.30. The Hall–Kier alpha value is -2.01. The summed E-state index contributed by atoms with van der Waals surface area (Å²) in [5.41, 5.74) is 1.85. The molecule has 0 saturated carbocycles. The molecule has 0 aliphatic rings. The fourth-order valence-corrected chi connectivity index (χ4v) is 1.95. The van der Waals surface area contributed by atoms with Gasteiger partial charge >= 0.3 is 0 Å². The van der Waals surface area contributed by atoms with Crippen LogP contribution >= 0.6 is 0 Å². The molecule has 5 heteroatoms. The third-order valence-corrected chi connectivity index (χ3v) is 3.02. The standard InChI is InChI=1S/C12H10NO3S/c14-13-9-11(6-7-12(13)17(15)16)8-10-4-2-1-3-5-10/h1-7,9H,8H2/q-1. The molecule has 0 bridgehead atoms. The Bertz CT molecular complexity index is 679. The van der Waals surface area contributed by atoms with Crippen molar-refractivity contribution in [2.45, 2.75) is 6.42 Å². The van der Waals surface area contributed by atoms with Gasteiger partial charge in [-0.3, -0.25) is 0 Å². The van der Waals surface area contributed by atoms with Gasteiger partial charge < -0.3 is 9.94 Å². The van der Waals surface area contributed by atoms with Crippen molar-refractivity contribution in [3.63, 3.8) is 0 Å². The van der Waals surface area contributed by atoms with Gasteiger partial charge in [0.25, 0.3) is 0 Å². The summed E-state index contributed by atoms with van der Waals surface area (Å²) in [7, 11) is -2.49. The normalized spacial score (nSPS) is 10.1. The van der Waals surface area contributed by atoms with Crippen molar-refractivity contribution in [1.29, 1.82) is 0 Å². The predicted molar refractivity (Wildman–Crippen MR) is 64.6 cm³/mol. The smallest absolute Gasteiger partial charge is 0.238 e. The molecule has 0 aliphatic carbocycles. The maximum atomic E-state index is 11.4. The maximum absolute atomic E-state index is 11.4. The minimum atomic E-state index is -2.49. The van der Waals surface area contributed by atoms with Crippen LogP contribution in [0.3, 0.4) is 0 Å². The van der Waals surface area contributed by atoms with Gasteiger partial charge in [0, 0.05) is 6.20 Å². The summed E-state index contributed by atoms with van der Waals surface area (Å²) < 4.78 is 21.5. The zero-order valence-electron chi connectivity index (χ0n) is 8.91. The summed E-state index contributed by atoms with van der Waals surface area (Å²) >= 11 is 0. The van der Waals surface area contributed by atoms with Gasteiger partial charge in [0.15, 0.2) is 4.64 Å². The third kappa shape index (κ3) is 2.76. The molecular formula is C12H10NO3S-. The van der Waals surface area contributed by atoms with E-state index >= 15 is 0 Å². The second kappa shape index (κ2) is 4.88. The molecule has 1 aromatic heterocycles. The van der Waals surface area contributed by atoms with Crippen LogP contribution < -0.4 is 0 Å². The lowest BCUT2D eigenvalue weighted by atomic mass is 10.1. The summed E-state index contributed by atoms with van der Waals surface area (Å²) in [6, 6.07) is 12.6. The number of nitrogens with zero attached hydrogens (tertiary/aromatic N) is 1. The number of aromatic nitrogens is 1. The summed E-state index contributed by atoms with van der Waals surface area (Å²) in [6.07, 6.45) is 1.90. The predicted octanol–water partition coefficient (Wildman–Crippen LogP) is 1.84. The van der Waals surface area contributed by atoms with Crippen LogP contribution in [0.2, 0.25) is 0 Å². The van der Waals surface area contributed by atoms with E-state index < -0.39 is 10.3 Å². The second-order valence-electron chi connectivity index (χ2n) is 3.60. The lowest BCUT2D eigenvalue weighted by Gasteiger charge is -2.11. The Morgan fingerprint density at radius 2 is 1.71 bits per heavy atom. The zero-order chi connectivity index (χ0) is 12.3. The highest BCUT2D eigenvalue weighted by atomic mass is 32.2. The van der Waals surface area contributed by atoms with Crippen LogP contribution in [0.5, 0.6) is 0 Å². The molecule has 2 rings (SSSR count). The van der Waals surface area contributed by atoms with Gasteiger partial charge in [-0.2, -0.15) is 8.42 Å². The molecule has 0 saturated heterocycles. The lowest BCUT2D eigenvalue weighted by Crippen LogP contribution is -1.96. The van der Waals surface area contributed by atoms with Crippen molar-refractivity contribution in [2.75, 3.05) is 0 Å². The van der Waals surface area contributed by atoms with Crippen molar-refractivity contribution in [3.8, 4) is 0 Å². The molecule has 88 valence electrons. The largest absolute Gasteiger partial charge is 0.805 e. The van der Waals surface area contributed by atoms with E-state index in [1.807, 2.05) is 30.3 Å². The molecule has 0 radical (unpaired) electrons. The first-order valence-electron chi connectivity index (χ1n) is 5.02. The van der Waals surface area contributed by atoms with Crippen LogP contribution in [0.15, 0.2) is 48.7 Å². The van der Waals surface area contributed by atoms with Gasteiger partial charge in [0.05, 0.1) is 0 Å². The van der Waals surface area contributed by atoms with E-state index in [4.69, 9.17) is 0 Å². The van der Waals surface area contributed by atoms with Crippen molar-refractivity contribution in [2.24, 2.45) is 0 Å². The quantitative estimate of drug-likeness (QED) is 0.762. The molecule has 1 heterocycles. The topological polar surface area (TPSA) is 62.1 Å². The van der Waals surface area contributed by atoms with E-state index in [9.17, 15) is 13.6 Å². The minimum absolute atomic E-state index is 0.262. The third-order valence-electron chi connectivity index (χ3n) is 2.36. The molecule has 0 atom stereocenters. The number of hydrogen-bond acceptors (Lipinski definition) is 3. The number of benzene rings is 1. The van der Waals surface area contributed by atoms with Crippen LogP contribution in [0.4, 0.5) is 0 Å². The van der Waals surface area contributed by atoms with Gasteiger partial charge in [0.2, 0.25) is 10.3 Å². The van der Waals surface area contributed by atoms with Crippen molar-refractivity contribution >= 4 is 10.3 Å². The van der Waals surface area contributed by atoms with Crippen molar-refractivity contribution in [3.05, 3.63) is 69.6 Å². The van der Waals surface area contributed by atoms with E-state index in [0.29, 0.717) is 11.2 Å². The second-order valence-corrected chi connectivity index (χ2v) is 4.49. The molecule has 1 aromatic carbocycles. The molecule has 0 fully saturated rings. The molecule has 4 nitrogen and oxygen atoms in total. The molecule has 0 amide bonds. The van der Waals surface area contributed by atoms with Gasteiger partial charge in [-0.1, -0.05) is 36.4 Å². The van der Waals surface area contributed by atoms with Crippen LogP contribution in [-0.2, 0) is 16.7 Å². The van der Waals surface area contributed by atoms with E-state index in [1.165, 1.54) is 12.3 Å². The molecule has 0 spiro atoms. The van der Waals surface area contributed by atoms with E-state index in [-0.39, 0.29) is 4.64 Å². The van der Waals surface area contributed by atoms with Crippen LogP contribution in [-0.4, -0.2) is 13.1 Å². The number of hydrogen-bond donors (Lipinski definition) is 0. The number of pyridine rings is 1. The Balaban J connectivity index is 2.38. The number of rotatable bonds is 2. The summed E-state index contributed by atoms with van der Waals surface area (Å²) in [5, 5.41) is 11.4. The zero-order valence-corrected chi connectivity index (χ0v) is 9.72. The molecular weight excluding hydrogens is 238 g/mol. The van der Waals surface area contributed by atoms with Crippen molar-refractivity contribution < 1.29 is 8.42 Å². The fraction of sp³-hybridized carbons (Fsp3) is 0.0833. The highest BCUT2D eigenvalue weighted by Crippen LogP contribution is 2.08. The van der Waals surface area contributed by atoms with Gasteiger partial charge in [-0.15, -0.1) is 0 Å². The molecule has 2 aromatic rings. The minimum Gasteiger partial charge on any atom is -0.805 e. The maximum Gasteiger partial charge on any atom is 0.238 e. The van der Waals surface area contributed by atoms with E-state index in [2.05, 4.69) is 0 Å². The molecule has 0 unspecified atom stereocenters. The monoisotopic (exact) mass is 248 g/mol. The van der Waals surface area contributed by atoms with Gasteiger partial charge in [-0.25, -0.2) is 0 Å². The van der Waals surface area contributed by atoms with Gasteiger partial charge in [-0.05, 0) is 23.6 Å². The first-order chi connectivity index (χ1) is 8.16. The SMILES string of the molecule is O=S(=O)=c1ccc(Cc2ccccc2)cn1[O-]. The van der Waals surface area contributed by atoms with Crippen LogP contribution in [0.25, 0.3) is 0 Å². The lowest BCUT2D eigenvalue weighted by molar-refractivity contribution is 0.623. The average molecular weight is 248 g/mol. The van der Waals surface area contributed by atoms with Crippen LogP contribution in [0.1, 0.15) is 11.1 Å². The van der Waals surface area contributed by atoms with E-state index in [0.717, 1.165) is 11.1 Å². The summed E-state index contributed by atoms with van der Waals surface area (Å²) in [5.74, 6) is 0. The summed E-state index contributed by atoms with van der Waals surface area (Å²) in [6.45, 7) is 0. The highest BCUT2D eigenvalue weighted by Gasteiger charge is 1.96.